The molecule has 0 aliphatic carbocycles. The number of benzene rings is 1. The topological polar surface area (TPSA) is 66.8 Å². The number of rotatable bonds is 5. The number of hydrogen-bond acceptors (Lipinski definition) is 5. The second-order valence-electron chi connectivity index (χ2n) is 5.62. The van der Waals surface area contributed by atoms with Crippen molar-refractivity contribution in [2.24, 2.45) is 5.10 Å². The summed E-state index contributed by atoms with van der Waals surface area (Å²) in [5.74, 6) is -0.165. The maximum Gasteiger partial charge on any atom is 0.262 e. The molecule has 3 rings (SSSR count). The quantitative estimate of drug-likeness (QED) is 0.615. The van der Waals surface area contributed by atoms with E-state index in [9.17, 15) is 4.79 Å². The fraction of sp³-hybridized carbons (Fsp3) is 0.278. The van der Waals surface area contributed by atoms with Crippen LogP contribution in [0.4, 0.5) is 0 Å². The van der Waals surface area contributed by atoms with E-state index >= 15 is 0 Å². The summed E-state index contributed by atoms with van der Waals surface area (Å²) in [4.78, 5) is 18.9. The second kappa shape index (κ2) is 8.84. The number of aromatic nitrogens is 1. The Morgan fingerprint density at radius 1 is 1.20 bits per heavy atom. The molecule has 2 heterocycles. The van der Waals surface area contributed by atoms with Crippen LogP contribution >= 0.6 is 15.9 Å². The van der Waals surface area contributed by atoms with E-state index in [0.29, 0.717) is 26.3 Å². The molecule has 6 nitrogen and oxygen atoms in total. The molecule has 1 aromatic heterocycles. The number of amides is 1. The largest absolute Gasteiger partial charge is 0.379 e. The zero-order valence-corrected chi connectivity index (χ0v) is 15.2. The minimum atomic E-state index is -0.408. The molecule has 0 bridgehead atoms. The molecule has 1 amide bonds. The molecular weight excluding hydrogens is 384 g/mol. The summed E-state index contributed by atoms with van der Waals surface area (Å²) in [5, 5.41) is 4.10. The molecular formula is C18H19BrN4O2. The van der Waals surface area contributed by atoms with Crippen LogP contribution in [0.15, 0.2) is 58.4 Å². The Hall–Kier alpha value is -2.09. The molecule has 0 unspecified atom stereocenters. The number of morpholine rings is 1. The SMILES string of the molecule is O=C(N/N=C\c1ccc(Br)cc1)[C@H](c1ccncc1)N1CCOCC1. The molecule has 1 N–H and O–H groups in total. The Kier molecular flexibility index (Phi) is 6.27. The van der Waals surface area contributed by atoms with Crippen LogP contribution in [0.2, 0.25) is 0 Å². The fourth-order valence-electron chi connectivity index (χ4n) is 2.69. The zero-order chi connectivity index (χ0) is 17.5. The van der Waals surface area contributed by atoms with E-state index in [-0.39, 0.29) is 5.91 Å². The summed E-state index contributed by atoms with van der Waals surface area (Å²) in [7, 11) is 0. The highest BCUT2D eigenvalue weighted by Gasteiger charge is 2.28. The number of nitrogens with zero attached hydrogens (tertiary/aromatic N) is 3. The van der Waals surface area contributed by atoms with E-state index in [4.69, 9.17) is 4.74 Å². The number of hydrazone groups is 1. The summed E-state index contributed by atoms with van der Waals surface area (Å²) in [5.41, 5.74) is 4.47. The average molecular weight is 403 g/mol. The maximum atomic E-state index is 12.8. The van der Waals surface area contributed by atoms with Crippen LogP contribution in [0.5, 0.6) is 0 Å². The number of pyridine rings is 1. The third kappa shape index (κ3) is 4.94. The number of hydrogen-bond donors (Lipinski definition) is 1. The van der Waals surface area contributed by atoms with Gasteiger partial charge in [-0.3, -0.25) is 14.7 Å². The fourth-order valence-corrected chi connectivity index (χ4v) is 2.95. The van der Waals surface area contributed by atoms with Crippen LogP contribution in [0.25, 0.3) is 0 Å². The summed E-state index contributed by atoms with van der Waals surface area (Å²) in [6, 6.07) is 11.0. The molecule has 0 saturated carbocycles. The lowest BCUT2D eigenvalue weighted by Gasteiger charge is -2.33. The lowest BCUT2D eigenvalue weighted by Crippen LogP contribution is -2.44. The molecule has 0 spiro atoms. The molecule has 1 atom stereocenters. The Morgan fingerprint density at radius 3 is 2.56 bits per heavy atom. The first-order chi connectivity index (χ1) is 12.2. The van der Waals surface area contributed by atoms with Crippen molar-refractivity contribution in [2.75, 3.05) is 26.3 Å². The molecule has 130 valence electrons. The van der Waals surface area contributed by atoms with Crippen molar-refractivity contribution in [3.63, 3.8) is 0 Å². The van der Waals surface area contributed by atoms with Gasteiger partial charge in [0.1, 0.15) is 6.04 Å². The zero-order valence-electron chi connectivity index (χ0n) is 13.6. The van der Waals surface area contributed by atoms with Gasteiger partial charge in [-0.2, -0.15) is 5.10 Å². The Labute approximate surface area is 155 Å². The van der Waals surface area contributed by atoms with Crippen molar-refractivity contribution in [1.82, 2.24) is 15.3 Å². The van der Waals surface area contributed by atoms with Gasteiger partial charge in [-0.25, -0.2) is 5.43 Å². The minimum absolute atomic E-state index is 0.165. The lowest BCUT2D eigenvalue weighted by atomic mass is 10.1. The predicted octanol–water partition coefficient (Wildman–Crippen LogP) is 2.37. The van der Waals surface area contributed by atoms with Crippen molar-refractivity contribution in [1.29, 1.82) is 0 Å². The summed E-state index contributed by atoms with van der Waals surface area (Å²) in [6.07, 6.45) is 5.02. The normalized spacial score (nSPS) is 16.7. The van der Waals surface area contributed by atoms with Gasteiger partial charge in [0, 0.05) is 30.0 Å². The maximum absolute atomic E-state index is 12.8. The number of carbonyl (C=O) groups excluding carboxylic acids is 1. The van der Waals surface area contributed by atoms with Gasteiger partial charge in [-0.05, 0) is 35.4 Å². The third-order valence-corrected chi connectivity index (χ3v) is 4.47. The minimum Gasteiger partial charge on any atom is -0.379 e. The predicted molar refractivity (Wildman–Crippen MR) is 99.2 cm³/mol. The highest BCUT2D eigenvalue weighted by atomic mass is 79.9. The number of halogens is 1. The van der Waals surface area contributed by atoms with Gasteiger partial charge in [0.05, 0.1) is 19.4 Å². The molecule has 1 fully saturated rings. The van der Waals surface area contributed by atoms with Crippen LogP contribution in [0.3, 0.4) is 0 Å². The number of ether oxygens (including phenoxy) is 1. The summed E-state index contributed by atoms with van der Waals surface area (Å²) >= 11 is 3.39. The van der Waals surface area contributed by atoms with Gasteiger partial charge in [0.25, 0.3) is 5.91 Å². The Morgan fingerprint density at radius 2 is 1.88 bits per heavy atom. The van der Waals surface area contributed by atoms with Gasteiger partial charge in [-0.1, -0.05) is 28.1 Å². The van der Waals surface area contributed by atoms with Crippen molar-refractivity contribution in [3.8, 4) is 0 Å². The van der Waals surface area contributed by atoms with Crippen molar-refractivity contribution in [2.45, 2.75) is 6.04 Å². The van der Waals surface area contributed by atoms with Gasteiger partial charge in [0.2, 0.25) is 0 Å². The van der Waals surface area contributed by atoms with Gasteiger partial charge < -0.3 is 4.74 Å². The number of nitrogens with one attached hydrogen (secondary N) is 1. The molecule has 7 heteroatoms. The average Bonchev–Trinajstić information content (AvgIpc) is 2.65. The van der Waals surface area contributed by atoms with Crippen LogP contribution in [-0.4, -0.2) is 48.3 Å². The highest BCUT2D eigenvalue weighted by molar-refractivity contribution is 9.10. The Bertz CT molecular complexity index is 716. The van der Waals surface area contributed by atoms with Gasteiger partial charge in [0.15, 0.2) is 0 Å². The molecule has 1 saturated heterocycles. The molecule has 25 heavy (non-hydrogen) atoms. The molecule has 1 aromatic carbocycles. The van der Waals surface area contributed by atoms with Crippen molar-refractivity contribution in [3.05, 3.63) is 64.4 Å². The Balaban J connectivity index is 1.71. The van der Waals surface area contributed by atoms with Gasteiger partial charge in [-0.15, -0.1) is 0 Å². The van der Waals surface area contributed by atoms with Crippen LogP contribution in [0.1, 0.15) is 17.2 Å². The highest BCUT2D eigenvalue weighted by Crippen LogP contribution is 2.21. The molecule has 0 radical (unpaired) electrons. The first-order valence-corrected chi connectivity index (χ1v) is 8.83. The second-order valence-corrected chi connectivity index (χ2v) is 6.53. The van der Waals surface area contributed by atoms with Crippen LogP contribution < -0.4 is 5.43 Å². The van der Waals surface area contributed by atoms with E-state index in [0.717, 1.165) is 15.6 Å². The van der Waals surface area contributed by atoms with E-state index in [1.807, 2.05) is 36.4 Å². The third-order valence-electron chi connectivity index (χ3n) is 3.94. The van der Waals surface area contributed by atoms with Crippen molar-refractivity contribution >= 4 is 28.1 Å². The van der Waals surface area contributed by atoms with E-state index < -0.39 is 6.04 Å². The first-order valence-electron chi connectivity index (χ1n) is 8.04. The first kappa shape index (κ1) is 17.7. The van der Waals surface area contributed by atoms with Crippen LogP contribution in [-0.2, 0) is 9.53 Å². The molecule has 1 aliphatic rings. The molecule has 1 aliphatic heterocycles. The van der Waals surface area contributed by atoms with E-state index in [1.54, 1.807) is 18.6 Å². The summed E-state index contributed by atoms with van der Waals surface area (Å²) < 4.78 is 6.39. The smallest absolute Gasteiger partial charge is 0.262 e. The van der Waals surface area contributed by atoms with Gasteiger partial charge >= 0.3 is 0 Å². The standard InChI is InChI=1S/C18H19BrN4O2/c19-16-3-1-14(2-4-16)13-21-22-18(24)17(15-5-7-20-8-6-15)23-9-11-25-12-10-23/h1-8,13,17H,9-12H2,(H,22,24)/b21-13-/t17-/m0/s1. The number of carbonyl (C=O) groups is 1. The van der Waals surface area contributed by atoms with Crippen LogP contribution in [0, 0.1) is 0 Å². The van der Waals surface area contributed by atoms with E-state index in [2.05, 4.69) is 36.3 Å². The molecule has 2 aromatic rings. The van der Waals surface area contributed by atoms with Crippen molar-refractivity contribution < 1.29 is 9.53 Å². The van der Waals surface area contributed by atoms with E-state index in [1.165, 1.54) is 0 Å². The monoisotopic (exact) mass is 402 g/mol. The lowest BCUT2D eigenvalue weighted by molar-refractivity contribution is -0.128. The summed E-state index contributed by atoms with van der Waals surface area (Å²) in [6.45, 7) is 2.65.